The van der Waals surface area contributed by atoms with E-state index < -0.39 is 39.7 Å². The summed E-state index contributed by atoms with van der Waals surface area (Å²) in [4.78, 5) is 12.8. The summed E-state index contributed by atoms with van der Waals surface area (Å²) >= 11 is 0. The van der Waals surface area contributed by atoms with Gasteiger partial charge in [-0.2, -0.15) is 13.2 Å². The van der Waals surface area contributed by atoms with Gasteiger partial charge in [0.1, 0.15) is 10.6 Å². The van der Waals surface area contributed by atoms with Gasteiger partial charge < -0.3 is 15.2 Å². The molecule has 0 radical (unpaired) electrons. The Morgan fingerprint density at radius 2 is 1.90 bits per heavy atom. The van der Waals surface area contributed by atoms with Gasteiger partial charge >= 0.3 is 12.1 Å². The lowest BCUT2D eigenvalue weighted by Gasteiger charge is -2.15. The zero-order valence-electron chi connectivity index (χ0n) is 10.9. The standard InChI is InChI=1S/C10H13F3N2O5S/c1-4-7(9(17)18)15-5(2)8(4)21(19,20)14-3-6(16)10(11,12)13/h6,14-16H,3H2,1-2H3,(H,17,18). The second kappa shape index (κ2) is 5.66. The Hall–Kier alpha value is -1.59. The number of aliphatic hydroxyl groups is 1. The van der Waals surface area contributed by atoms with Gasteiger partial charge in [-0.3, -0.25) is 0 Å². The number of H-pyrrole nitrogens is 1. The van der Waals surface area contributed by atoms with E-state index in [1.165, 1.54) is 13.8 Å². The number of nitrogens with one attached hydrogen (secondary N) is 2. The number of aromatic nitrogens is 1. The molecule has 0 saturated heterocycles. The molecule has 21 heavy (non-hydrogen) atoms. The molecule has 4 N–H and O–H groups in total. The average molecular weight is 330 g/mol. The van der Waals surface area contributed by atoms with Crippen LogP contribution in [-0.4, -0.2) is 48.4 Å². The molecule has 0 aliphatic heterocycles. The van der Waals surface area contributed by atoms with E-state index >= 15 is 0 Å². The third-order valence-corrected chi connectivity index (χ3v) is 4.39. The normalized spacial score (nSPS) is 14.2. The minimum atomic E-state index is -4.96. The number of hydrogen-bond donors (Lipinski definition) is 4. The van der Waals surface area contributed by atoms with Crippen LogP contribution in [0.3, 0.4) is 0 Å². The fraction of sp³-hybridized carbons (Fsp3) is 0.500. The summed E-state index contributed by atoms with van der Waals surface area (Å²) in [5.41, 5.74) is -0.530. The van der Waals surface area contributed by atoms with Gasteiger partial charge in [0.15, 0.2) is 6.10 Å². The lowest BCUT2D eigenvalue weighted by molar-refractivity contribution is -0.200. The first-order valence-corrected chi connectivity index (χ1v) is 7.03. The summed E-state index contributed by atoms with van der Waals surface area (Å²) < 4.78 is 61.9. The van der Waals surface area contributed by atoms with E-state index in [9.17, 15) is 26.4 Å². The molecule has 0 amide bonds. The molecule has 0 aromatic carbocycles. The predicted molar refractivity (Wildman–Crippen MR) is 64.5 cm³/mol. The SMILES string of the molecule is Cc1[nH]c(C(=O)O)c(C)c1S(=O)(=O)NCC(O)C(F)(F)F. The number of hydrogen-bond acceptors (Lipinski definition) is 4. The average Bonchev–Trinajstić information content (AvgIpc) is 2.61. The van der Waals surface area contributed by atoms with Gasteiger partial charge in [0.25, 0.3) is 0 Å². The largest absolute Gasteiger partial charge is 0.477 e. The first-order chi connectivity index (χ1) is 9.38. The van der Waals surface area contributed by atoms with Crippen LogP contribution in [0, 0.1) is 13.8 Å². The Bertz CT molecular complexity index is 650. The van der Waals surface area contributed by atoms with Crippen LogP contribution in [0.25, 0.3) is 0 Å². The van der Waals surface area contributed by atoms with Crippen LogP contribution in [0.1, 0.15) is 21.7 Å². The van der Waals surface area contributed by atoms with Crippen molar-refractivity contribution >= 4 is 16.0 Å². The zero-order chi connectivity index (χ0) is 16.6. The van der Waals surface area contributed by atoms with Gasteiger partial charge in [-0.1, -0.05) is 0 Å². The number of aromatic carboxylic acids is 1. The quantitative estimate of drug-likeness (QED) is 0.628. The molecule has 1 aromatic rings. The van der Waals surface area contributed by atoms with Crippen LogP contribution >= 0.6 is 0 Å². The molecule has 0 aliphatic carbocycles. The van der Waals surface area contributed by atoms with Crippen molar-refractivity contribution in [1.82, 2.24) is 9.71 Å². The number of rotatable bonds is 5. The third kappa shape index (κ3) is 3.74. The van der Waals surface area contributed by atoms with Gasteiger partial charge in [0, 0.05) is 17.8 Å². The molecule has 0 bridgehead atoms. The number of alkyl halides is 3. The Morgan fingerprint density at radius 1 is 1.38 bits per heavy atom. The molecular weight excluding hydrogens is 317 g/mol. The van der Waals surface area contributed by atoms with Crippen molar-refractivity contribution in [3.63, 3.8) is 0 Å². The van der Waals surface area contributed by atoms with Crippen LogP contribution in [-0.2, 0) is 10.0 Å². The number of carboxylic acid groups (broad SMARTS) is 1. The van der Waals surface area contributed by atoms with Crippen molar-refractivity contribution in [3.05, 3.63) is 17.0 Å². The fourth-order valence-corrected chi connectivity index (χ4v) is 3.21. The van der Waals surface area contributed by atoms with Crippen molar-refractivity contribution in [2.75, 3.05) is 6.54 Å². The van der Waals surface area contributed by atoms with Crippen LogP contribution in [0.5, 0.6) is 0 Å². The molecule has 1 rings (SSSR count). The molecule has 0 spiro atoms. The Balaban J connectivity index is 3.08. The third-order valence-electron chi connectivity index (χ3n) is 2.70. The van der Waals surface area contributed by atoms with Gasteiger partial charge in [-0.25, -0.2) is 17.9 Å². The van der Waals surface area contributed by atoms with Crippen LogP contribution in [0.15, 0.2) is 4.90 Å². The first-order valence-electron chi connectivity index (χ1n) is 5.54. The highest BCUT2D eigenvalue weighted by molar-refractivity contribution is 7.89. The van der Waals surface area contributed by atoms with E-state index in [1.54, 1.807) is 4.72 Å². The van der Waals surface area contributed by atoms with E-state index in [4.69, 9.17) is 10.2 Å². The maximum absolute atomic E-state index is 12.1. The van der Waals surface area contributed by atoms with Crippen molar-refractivity contribution in [3.8, 4) is 0 Å². The molecule has 1 aromatic heterocycles. The monoisotopic (exact) mass is 330 g/mol. The molecule has 1 unspecified atom stereocenters. The topological polar surface area (TPSA) is 119 Å². The molecule has 0 aliphatic rings. The number of halogens is 3. The summed E-state index contributed by atoms with van der Waals surface area (Å²) in [5, 5.41) is 17.6. The van der Waals surface area contributed by atoms with Gasteiger partial charge in [0.2, 0.25) is 10.0 Å². The predicted octanol–water partition coefficient (Wildman–Crippen LogP) is 0.531. The lowest BCUT2D eigenvalue weighted by Crippen LogP contribution is -2.40. The van der Waals surface area contributed by atoms with Crippen molar-refractivity contribution in [2.45, 2.75) is 31.0 Å². The molecule has 7 nitrogen and oxygen atoms in total. The zero-order valence-corrected chi connectivity index (χ0v) is 11.8. The van der Waals surface area contributed by atoms with E-state index in [-0.39, 0.29) is 17.0 Å². The highest BCUT2D eigenvalue weighted by Crippen LogP contribution is 2.24. The van der Waals surface area contributed by atoms with Crippen LogP contribution < -0.4 is 4.72 Å². The number of carbonyl (C=O) groups is 1. The Labute approximate surface area is 117 Å². The smallest absolute Gasteiger partial charge is 0.415 e. The summed E-state index contributed by atoms with van der Waals surface area (Å²) in [7, 11) is -4.39. The van der Waals surface area contributed by atoms with Crippen molar-refractivity contribution in [2.24, 2.45) is 0 Å². The molecule has 11 heteroatoms. The van der Waals surface area contributed by atoms with Crippen molar-refractivity contribution in [1.29, 1.82) is 0 Å². The van der Waals surface area contributed by atoms with Crippen LogP contribution in [0.2, 0.25) is 0 Å². The maximum atomic E-state index is 12.1. The highest BCUT2D eigenvalue weighted by Gasteiger charge is 2.39. The summed E-state index contributed by atoms with van der Waals surface area (Å²) in [6.07, 6.45) is -7.82. The number of aliphatic hydroxyl groups excluding tert-OH is 1. The highest BCUT2D eigenvalue weighted by atomic mass is 32.2. The maximum Gasteiger partial charge on any atom is 0.415 e. The molecule has 1 atom stereocenters. The van der Waals surface area contributed by atoms with E-state index in [1.807, 2.05) is 0 Å². The fourth-order valence-electron chi connectivity index (χ4n) is 1.73. The Kier molecular flexibility index (Phi) is 4.70. The summed E-state index contributed by atoms with van der Waals surface area (Å²) in [6, 6.07) is 0. The van der Waals surface area contributed by atoms with Gasteiger partial charge in [-0.05, 0) is 13.8 Å². The second-order valence-corrected chi connectivity index (χ2v) is 6.00. The summed E-state index contributed by atoms with van der Waals surface area (Å²) in [6.45, 7) is 1.22. The molecule has 0 saturated carbocycles. The number of sulfonamides is 1. The van der Waals surface area contributed by atoms with Gasteiger partial charge in [0.05, 0.1) is 0 Å². The lowest BCUT2D eigenvalue weighted by atomic mass is 10.2. The Morgan fingerprint density at radius 3 is 2.29 bits per heavy atom. The minimum absolute atomic E-state index is 0.0288. The van der Waals surface area contributed by atoms with E-state index in [0.29, 0.717) is 0 Å². The van der Waals surface area contributed by atoms with Crippen LogP contribution in [0.4, 0.5) is 13.2 Å². The number of aryl methyl sites for hydroxylation is 1. The molecule has 0 fully saturated rings. The second-order valence-electron chi connectivity index (χ2n) is 4.29. The number of carboxylic acids is 1. The van der Waals surface area contributed by atoms with E-state index in [2.05, 4.69) is 4.98 Å². The minimum Gasteiger partial charge on any atom is -0.477 e. The molecular formula is C10H13F3N2O5S. The first kappa shape index (κ1) is 17.5. The van der Waals surface area contributed by atoms with Gasteiger partial charge in [-0.15, -0.1) is 0 Å². The summed E-state index contributed by atoms with van der Waals surface area (Å²) in [5.74, 6) is -1.40. The molecule has 1 heterocycles. The van der Waals surface area contributed by atoms with Crippen molar-refractivity contribution < 1.29 is 36.6 Å². The molecule has 120 valence electrons. The van der Waals surface area contributed by atoms with E-state index in [0.717, 1.165) is 0 Å². The number of aromatic amines is 1.